The molecule has 0 aromatic heterocycles. The van der Waals surface area contributed by atoms with Crippen LogP contribution in [0.1, 0.15) is 26.3 Å². The van der Waals surface area contributed by atoms with Gasteiger partial charge in [-0.3, -0.25) is 0 Å². The lowest BCUT2D eigenvalue weighted by Gasteiger charge is -2.18. The van der Waals surface area contributed by atoms with Gasteiger partial charge >= 0.3 is 0 Å². The van der Waals surface area contributed by atoms with Crippen molar-refractivity contribution in [2.75, 3.05) is 7.11 Å². The van der Waals surface area contributed by atoms with E-state index in [0.717, 1.165) is 12.2 Å². The minimum atomic E-state index is 0.473. The van der Waals surface area contributed by atoms with E-state index in [1.807, 2.05) is 12.1 Å². The fourth-order valence-electron chi connectivity index (χ4n) is 1.83. The molecule has 0 aliphatic heterocycles. The molecular weight excluding hydrogens is 186 g/mol. The summed E-state index contributed by atoms with van der Waals surface area (Å²) in [4.78, 5) is 0. The molecule has 0 aliphatic rings. The molecule has 0 aliphatic carbocycles. The molecule has 0 radical (unpaired) electrons. The summed E-state index contributed by atoms with van der Waals surface area (Å²) in [5.41, 5.74) is 1.26. The van der Waals surface area contributed by atoms with Crippen LogP contribution in [0.5, 0.6) is 5.75 Å². The first kappa shape index (κ1) is 12.1. The van der Waals surface area contributed by atoms with E-state index < -0.39 is 0 Å². The van der Waals surface area contributed by atoms with Crippen molar-refractivity contribution in [1.29, 1.82) is 0 Å². The number of hydrogen-bond acceptors (Lipinski definition) is 2. The largest absolute Gasteiger partial charge is 0.496 e. The normalized spacial score (nSPS) is 12.9. The van der Waals surface area contributed by atoms with Crippen molar-refractivity contribution >= 4 is 0 Å². The third-order valence-electron chi connectivity index (χ3n) is 2.34. The molecule has 0 fully saturated rings. The van der Waals surface area contributed by atoms with Gasteiger partial charge in [-0.15, -0.1) is 0 Å². The number of ether oxygens (including phenoxy) is 1. The highest BCUT2D eigenvalue weighted by atomic mass is 16.5. The maximum atomic E-state index is 5.32. The fourth-order valence-corrected chi connectivity index (χ4v) is 1.83. The molecule has 0 saturated heterocycles. The average Bonchev–Trinajstić information content (AvgIpc) is 2.17. The van der Waals surface area contributed by atoms with Crippen molar-refractivity contribution in [1.82, 2.24) is 5.32 Å². The summed E-state index contributed by atoms with van der Waals surface area (Å²) in [6, 6.07) is 9.19. The standard InChI is InChI=1S/C13H21NO/c1-10(2)14-11(3)9-12-7-5-6-8-13(12)15-4/h5-8,10-11,14H,9H2,1-4H3. The fraction of sp³-hybridized carbons (Fsp3) is 0.538. The number of methoxy groups -OCH3 is 1. The molecule has 1 N–H and O–H groups in total. The Morgan fingerprint density at radius 3 is 2.47 bits per heavy atom. The summed E-state index contributed by atoms with van der Waals surface area (Å²) in [5.74, 6) is 0.981. The first-order valence-electron chi connectivity index (χ1n) is 5.51. The van der Waals surface area contributed by atoms with Crippen LogP contribution in [-0.2, 0) is 6.42 Å². The number of hydrogen-bond donors (Lipinski definition) is 1. The van der Waals surface area contributed by atoms with Crippen molar-refractivity contribution in [3.8, 4) is 5.75 Å². The van der Waals surface area contributed by atoms with Crippen molar-refractivity contribution in [3.63, 3.8) is 0 Å². The van der Waals surface area contributed by atoms with Gasteiger partial charge in [-0.05, 0) is 25.0 Å². The van der Waals surface area contributed by atoms with Crippen molar-refractivity contribution in [2.45, 2.75) is 39.3 Å². The van der Waals surface area contributed by atoms with Gasteiger partial charge in [0.2, 0.25) is 0 Å². The number of benzene rings is 1. The third kappa shape index (κ3) is 3.92. The predicted molar refractivity (Wildman–Crippen MR) is 64.4 cm³/mol. The van der Waals surface area contributed by atoms with Crippen molar-refractivity contribution in [3.05, 3.63) is 29.8 Å². The monoisotopic (exact) mass is 207 g/mol. The smallest absolute Gasteiger partial charge is 0.122 e. The van der Waals surface area contributed by atoms with Crippen LogP contribution in [-0.4, -0.2) is 19.2 Å². The lowest BCUT2D eigenvalue weighted by Crippen LogP contribution is -2.33. The van der Waals surface area contributed by atoms with Crippen LogP contribution in [0, 0.1) is 0 Å². The first-order valence-corrected chi connectivity index (χ1v) is 5.51. The molecule has 1 unspecified atom stereocenters. The van der Waals surface area contributed by atoms with Gasteiger partial charge in [0, 0.05) is 12.1 Å². The summed E-state index contributed by atoms with van der Waals surface area (Å²) < 4.78 is 5.32. The molecule has 2 nitrogen and oxygen atoms in total. The summed E-state index contributed by atoms with van der Waals surface area (Å²) >= 11 is 0. The van der Waals surface area contributed by atoms with Gasteiger partial charge in [0.1, 0.15) is 5.75 Å². The molecule has 0 heterocycles. The van der Waals surface area contributed by atoms with Crippen LogP contribution in [0.4, 0.5) is 0 Å². The van der Waals surface area contributed by atoms with E-state index in [1.165, 1.54) is 5.56 Å². The highest BCUT2D eigenvalue weighted by Gasteiger charge is 2.08. The maximum Gasteiger partial charge on any atom is 0.122 e. The molecule has 1 rings (SSSR count). The zero-order valence-corrected chi connectivity index (χ0v) is 10.1. The zero-order chi connectivity index (χ0) is 11.3. The van der Waals surface area contributed by atoms with Crippen LogP contribution in [0.25, 0.3) is 0 Å². The molecule has 0 amide bonds. The van der Waals surface area contributed by atoms with Crippen molar-refractivity contribution < 1.29 is 4.74 Å². The van der Waals surface area contributed by atoms with E-state index in [1.54, 1.807) is 7.11 Å². The van der Waals surface area contributed by atoms with Gasteiger partial charge in [0.15, 0.2) is 0 Å². The van der Waals surface area contributed by atoms with Crippen LogP contribution in [0.3, 0.4) is 0 Å². The second-order valence-electron chi connectivity index (χ2n) is 4.24. The Labute approximate surface area is 92.6 Å². The Bertz CT molecular complexity index is 296. The van der Waals surface area contributed by atoms with Crippen LogP contribution in [0.15, 0.2) is 24.3 Å². The molecule has 0 saturated carbocycles. The molecule has 0 spiro atoms. The Balaban J connectivity index is 2.63. The van der Waals surface area contributed by atoms with Crippen LogP contribution >= 0.6 is 0 Å². The molecule has 84 valence electrons. The minimum absolute atomic E-state index is 0.473. The zero-order valence-electron chi connectivity index (χ0n) is 10.1. The van der Waals surface area contributed by atoms with Gasteiger partial charge in [0.25, 0.3) is 0 Å². The van der Waals surface area contributed by atoms with Crippen LogP contribution in [0.2, 0.25) is 0 Å². The van der Waals surface area contributed by atoms with Crippen molar-refractivity contribution in [2.24, 2.45) is 0 Å². The molecule has 1 aromatic rings. The molecule has 1 aromatic carbocycles. The summed E-state index contributed by atoms with van der Waals surface area (Å²) in [6.07, 6.45) is 1.00. The second kappa shape index (κ2) is 5.76. The summed E-state index contributed by atoms with van der Waals surface area (Å²) in [7, 11) is 1.72. The van der Waals surface area contributed by atoms with E-state index in [-0.39, 0.29) is 0 Å². The predicted octanol–water partition coefficient (Wildman–Crippen LogP) is 2.62. The van der Waals surface area contributed by atoms with Crippen LogP contribution < -0.4 is 10.1 Å². The second-order valence-corrected chi connectivity index (χ2v) is 4.24. The highest BCUT2D eigenvalue weighted by Crippen LogP contribution is 2.18. The molecule has 2 heteroatoms. The van der Waals surface area contributed by atoms with Gasteiger partial charge < -0.3 is 10.1 Å². The SMILES string of the molecule is COc1ccccc1CC(C)NC(C)C. The summed E-state index contributed by atoms with van der Waals surface area (Å²) in [6.45, 7) is 6.53. The van der Waals surface area contributed by atoms with E-state index in [2.05, 4.69) is 38.2 Å². The lowest BCUT2D eigenvalue weighted by atomic mass is 10.1. The Hall–Kier alpha value is -1.02. The Morgan fingerprint density at radius 1 is 1.20 bits per heavy atom. The minimum Gasteiger partial charge on any atom is -0.496 e. The van der Waals surface area contributed by atoms with Gasteiger partial charge in [-0.1, -0.05) is 32.0 Å². The Kier molecular flexibility index (Phi) is 4.63. The quantitative estimate of drug-likeness (QED) is 0.801. The molecule has 1 atom stereocenters. The lowest BCUT2D eigenvalue weighted by molar-refractivity contribution is 0.404. The van der Waals surface area contributed by atoms with E-state index in [0.29, 0.717) is 12.1 Å². The molecule has 0 bridgehead atoms. The van der Waals surface area contributed by atoms with E-state index in [4.69, 9.17) is 4.74 Å². The topological polar surface area (TPSA) is 21.3 Å². The van der Waals surface area contributed by atoms with E-state index in [9.17, 15) is 0 Å². The molecule has 15 heavy (non-hydrogen) atoms. The van der Waals surface area contributed by atoms with Gasteiger partial charge in [-0.2, -0.15) is 0 Å². The Morgan fingerprint density at radius 2 is 1.87 bits per heavy atom. The van der Waals surface area contributed by atoms with Gasteiger partial charge in [0.05, 0.1) is 7.11 Å². The highest BCUT2D eigenvalue weighted by molar-refractivity contribution is 5.33. The first-order chi connectivity index (χ1) is 7.13. The number of rotatable bonds is 5. The van der Waals surface area contributed by atoms with E-state index >= 15 is 0 Å². The van der Waals surface area contributed by atoms with Gasteiger partial charge in [-0.25, -0.2) is 0 Å². The number of para-hydroxylation sites is 1. The number of nitrogens with one attached hydrogen (secondary N) is 1. The summed E-state index contributed by atoms with van der Waals surface area (Å²) in [5, 5.41) is 3.49. The maximum absolute atomic E-state index is 5.32. The molecular formula is C13H21NO. The average molecular weight is 207 g/mol. The third-order valence-corrected chi connectivity index (χ3v) is 2.34.